The number of ether oxygens (including phenoxy) is 1. The number of benzene rings is 2. The maximum Gasteiger partial charge on any atom is 0.341 e. The van der Waals surface area contributed by atoms with Crippen LogP contribution in [-0.2, 0) is 10.5 Å². The minimum absolute atomic E-state index is 0.281. The Balaban J connectivity index is 2.00. The van der Waals surface area contributed by atoms with Crippen LogP contribution in [0.4, 0.5) is 5.69 Å². The van der Waals surface area contributed by atoms with Gasteiger partial charge in [-0.05, 0) is 25.1 Å². The molecule has 0 unspecified atom stereocenters. The van der Waals surface area contributed by atoms with Crippen molar-refractivity contribution in [2.24, 2.45) is 0 Å². The van der Waals surface area contributed by atoms with Crippen LogP contribution in [0.15, 0.2) is 54.6 Å². The van der Waals surface area contributed by atoms with Gasteiger partial charge in [0.2, 0.25) is 5.72 Å². The topological polar surface area (TPSA) is 38.3 Å². The highest BCUT2D eigenvalue weighted by atomic mass is 16.6. The van der Waals surface area contributed by atoms with Gasteiger partial charge < -0.3 is 10.1 Å². The number of hydrogen-bond donors (Lipinski definition) is 1. The second-order valence-electron chi connectivity index (χ2n) is 4.46. The predicted octanol–water partition coefficient (Wildman–Crippen LogP) is 3.14. The zero-order chi connectivity index (χ0) is 12.6. The van der Waals surface area contributed by atoms with Crippen LogP contribution < -0.4 is 5.32 Å². The number of hydrogen-bond acceptors (Lipinski definition) is 3. The minimum Gasteiger partial charge on any atom is -0.431 e. The van der Waals surface area contributed by atoms with Crippen molar-refractivity contribution in [2.75, 3.05) is 5.32 Å². The number of fused-ring (bicyclic) bond motifs is 1. The van der Waals surface area contributed by atoms with Crippen molar-refractivity contribution in [3.8, 4) is 0 Å². The van der Waals surface area contributed by atoms with Crippen LogP contribution in [0, 0.1) is 0 Å². The summed E-state index contributed by atoms with van der Waals surface area (Å²) in [6, 6.07) is 17.2. The molecule has 0 saturated heterocycles. The van der Waals surface area contributed by atoms with Gasteiger partial charge in [-0.15, -0.1) is 0 Å². The molecule has 1 N–H and O–H groups in total. The zero-order valence-corrected chi connectivity index (χ0v) is 10.0. The van der Waals surface area contributed by atoms with E-state index in [1.54, 1.807) is 6.07 Å². The van der Waals surface area contributed by atoms with Crippen molar-refractivity contribution in [3.63, 3.8) is 0 Å². The minimum atomic E-state index is -0.797. The molecule has 0 amide bonds. The van der Waals surface area contributed by atoms with Crippen LogP contribution >= 0.6 is 0 Å². The first-order chi connectivity index (χ1) is 8.69. The number of carbonyl (C=O) groups excluding carboxylic acids is 1. The van der Waals surface area contributed by atoms with Crippen molar-refractivity contribution in [1.82, 2.24) is 0 Å². The average Bonchev–Trinajstić information content (AvgIpc) is 2.63. The summed E-state index contributed by atoms with van der Waals surface area (Å²) in [5.41, 5.74) is 1.63. The van der Waals surface area contributed by atoms with Crippen LogP contribution in [0.2, 0.25) is 0 Å². The summed E-state index contributed by atoms with van der Waals surface area (Å²) >= 11 is 0. The molecule has 3 heteroatoms. The summed E-state index contributed by atoms with van der Waals surface area (Å²) in [5.74, 6) is -0.281. The summed E-state index contributed by atoms with van der Waals surface area (Å²) in [5, 5.41) is 3.26. The van der Waals surface area contributed by atoms with Gasteiger partial charge in [0.1, 0.15) is 0 Å². The van der Waals surface area contributed by atoms with Crippen molar-refractivity contribution in [1.29, 1.82) is 0 Å². The predicted molar refractivity (Wildman–Crippen MR) is 69.3 cm³/mol. The first-order valence-electron chi connectivity index (χ1n) is 5.85. The van der Waals surface area contributed by atoms with Crippen LogP contribution in [-0.4, -0.2) is 5.97 Å². The molecule has 2 aromatic rings. The van der Waals surface area contributed by atoms with E-state index in [9.17, 15) is 4.79 Å². The fourth-order valence-electron chi connectivity index (χ4n) is 2.26. The van der Waals surface area contributed by atoms with E-state index in [0.29, 0.717) is 5.56 Å². The van der Waals surface area contributed by atoms with E-state index < -0.39 is 5.72 Å². The van der Waals surface area contributed by atoms with E-state index in [0.717, 1.165) is 11.3 Å². The molecule has 0 aromatic heterocycles. The molecular formula is C15H13NO2. The van der Waals surface area contributed by atoms with Gasteiger partial charge in [0.15, 0.2) is 0 Å². The average molecular weight is 239 g/mol. The van der Waals surface area contributed by atoms with Gasteiger partial charge in [0.25, 0.3) is 0 Å². The fraction of sp³-hybridized carbons (Fsp3) is 0.133. The molecule has 2 aromatic carbocycles. The molecule has 1 heterocycles. The van der Waals surface area contributed by atoms with Crippen molar-refractivity contribution >= 4 is 11.7 Å². The molecule has 90 valence electrons. The van der Waals surface area contributed by atoms with Crippen molar-refractivity contribution in [3.05, 3.63) is 65.7 Å². The summed E-state index contributed by atoms with van der Waals surface area (Å²) in [6.07, 6.45) is 0. The third kappa shape index (κ3) is 1.64. The lowest BCUT2D eigenvalue weighted by molar-refractivity contribution is 0.0134. The van der Waals surface area contributed by atoms with Crippen molar-refractivity contribution < 1.29 is 9.53 Å². The number of cyclic esters (lactones) is 1. The summed E-state index contributed by atoms with van der Waals surface area (Å²) in [7, 11) is 0. The maximum atomic E-state index is 11.8. The molecule has 1 atom stereocenters. The number of rotatable bonds is 2. The lowest BCUT2D eigenvalue weighted by Gasteiger charge is -2.26. The molecule has 0 aliphatic carbocycles. The smallest absolute Gasteiger partial charge is 0.341 e. The normalized spacial score (nSPS) is 21.3. The standard InChI is InChI=1S/C15H13NO2/c1-15(16-11-7-3-2-4-8-11)13-10-6-5-9-12(13)14(17)18-15/h2-10,16H,1H3/t15-/m0/s1. The molecule has 0 bridgehead atoms. The van der Waals surface area contributed by atoms with Gasteiger partial charge in [-0.2, -0.15) is 0 Å². The Hall–Kier alpha value is -2.29. The lowest BCUT2D eigenvalue weighted by Crippen LogP contribution is -2.31. The quantitative estimate of drug-likeness (QED) is 0.818. The Kier molecular flexibility index (Phi) is 2.33. The third-order valence-electron chi connectivity index (χ3n) is 3.11. The second kappa shape index (κ2) is 3.88. The van der Waals surface area contributed by atoms with E-state index in [1.165, 1.54) is 0 Å². The van der Waals surface area contributed by atoms with E-state index in [-0.39, 0.29) is 5.97 Å². The highest BCUT2D eigenvalue weighted by molar-refractivity contribution is 5.95. The molecule has 1 aliphatic heterocycles. The monoisotopic (exact) mass is 239 g/mol. The van der Waals surface area contributed by atoms with Crippen LogP contribution in [0.5, 0.6) is 0 Å². The number of esters is 1. The van der Waals surface area contributed by atoms with E-state index in [2.05, 4.69) is 5.32 Å². The molecule has 1 aliphatic rings. The summed E-state index contributed by atoms with van der Waals surface area (Å²) < 4.78 is 5.47. The fourth-order valence-corrected chi connectivity index (χ4v) is 2.26. The Labute approximate surface area is 105 Å². The Morgan fingerprint density at radius 3 is 2.44 bits per heavy atom. The van der Waals surface area contributed by atoms with Crippen LogP contribution in [0.3, 0.4) is 0 Å². The zero-order valence-electron chi connectivity index (χ0n) is 10.0. The molecule has 0 fully saturated rings. The number of carbonyl (C=O) groups is 1. The Morgan fingerprint density at radius 2 is 1.67 bits per heavy atom. The molecule has 18 heavy (non-hydrogen) atoms. The van der Waals surface area contributed by atoms with Crippen LogP contribution in [0.1, 0.15) is 22.8 Å². The lowest BCUT2D eigenvalue weighted by atomic mass is 10.0. The first kappa shape index (κ1) is 10.8. The number of anilines is 1. The van der Waals surface area contributed by atoms with Crippen molar-refractivity contribution in [2.45, 2.75) is 12.6 Å². The molecule has 0 radical (unpaired) electrons. The van der Waals surface area contributed by atoms with Gasteiger partial charge in [-0.3, -0.25) is 0 Å². The maximum absolute atomic E-state index is 11.8. The highest BCUT2D eigenvalue weighted by Gasteiger charge is 2.41. The van der Waals surface area contributed by atoms with Gasteiger partial charge in [-0.25, -0.2) is 4.79 Å². The molecule has 0 saturated carbocycles. The SMILES string of the molecule is C[C@]1(Nc2ccccc2)OC(=O)c2ccccc21. The highest BCUT2D eigenvalue weighted by Crippen LogP contribution is 2.36. The molecule has 3 rings (SSSR count). The van der Waals surface area contributed by atoms with Crippen LogP contribution in [0.25, 0.3) is 0 Å². The van der Waals surface area contributed by atoms with E-state index in [4.69, 9.17) is 4.74 Å². The molecule has 0 spiro atoms. The van der Waals surface area contributed by atoms with Gasteiger partial charge >= 0.3 is 5.97 Å². The number of nitrogens with one attached hydrogen (secondary N) is 1. The van der Waals surface area contributed by atoms with E-state index in [1.807, 2.05) is 55.5 Å². The van der Waals surface area contributed by atoms with Gasteiger partial charge in [0.05, 0.1) is 5.56 Å². The third-order valence-corrected chi connectivity index (χ3v) is 3.11. The van der Waals surface area contributed by atoms with Gasteiger partial charge in [-0.1, -0.05) is 36.4 Å². The molecule has 3 nitrogen and oxygen atoms in total. The molecular weight excluding hydrogens is 226 g/mol. The second-order valence-corrected chi connectivity index (χ2v) is 4.46. The Morgan fingerprint density at radius 1 is 1.00 bits per heavy atom. The van der Waals surface area contributed by atoms with Gasteiger partial charge in [0, 0.05) is 11.3 Å². The van der Waals surface area contributed by atoms with E-state index >= 15 is 0 Å². The first-order valence-corrected chi connectivity index (χ1v) is 5.85. The summed E-state index contributed by atoms with van der Waals surface area (Å²) in [4.78, 5) is 11.8. The Bertz CT molecular complexity index is 594. The summed E-state index contributed by atoms with van der Waals surface area (Å²) in [6.45, 7) is 1.86. The largest absolute Gasteiger partial charge is 0.431 e. The number of para-hydroxylation sites is 1.